The second-order valence-corrected chi connectivity index (χ2v) is 6.99. The van der Waals surface area contributed by atoms with E-state index in [9.17, 15) is 4.79 Å². The summed E-state index contributed by atoms with van der Waals surface area (Å²) in [5.74, 6) is 0.350. The summed E-state index contributed by atoms with van der Waals surface area (Å²) in [5.41, 5.74) is 2.49. The number of benzene rings is 2. The lowest BCUT2D eigenvalue weighted by atomic mass is 10.0. The summed E-state index contributed by atoms with van der Waals surface area (Å²) in [6.45, 7) is 0. The molecule has 22 heavy (non-hydrogen) atoms. The first-order chi connectivity index (χ1) is 10.7. The Morgan fingerprint density at radius 1 is 0.727 bits per heavy atom. The summed E-state index contributed by atoms with van der Waals surface area (Å²) in [6.07, 6.45) is 7.12. The highest BCUT2D eigenvalue weighted by Gasteiger charge is 2.04. The Labute approximate surface area is 141 Å². The molecule has 0 radical (unpaired) electrons. The van der Waals surface area contributed by atoms with Crippen LogP contribution in [-0.4, -0.2) is 18.3 Å². The molecule has 0 aliphatic rings. The molecule has 0 spiro atoms. The Kier molecular flexibility index (Phi) is 7.07. The van der Waals surface area contributed by atoms with Gasteiger partial charge in [-0.15, -0.1) is 23.5 Å². The monoisotopic (exact) mass is 330 g/mol. The molecule has 0 heterocycles. The first-order valence-electron chi connectivity index (χ1n) is 7.49. The Balaban J connectivity index is 1.74. The van der Waals surface area contributed by atoms with Crippen LogP contribution in [0.2, 0.25) is 0 Å². The smallest absolute Gasteiger partial charge is 0.133 e. The minimum absolute atomic E-state index is 0.350. The molecule has 2 rings (SSSR count). The Morgan fingerprint density at radius 3 is 1.41 bits per heavy atom. The molecule has 0 unspecified atom stereocenters. The van der Waals surface area contributed by atoms with Crippen molar-refractivity contribution < 1.29 is 4.79 Å². The Bertz CT molecular complexity index is 534. The van der Waals surface area contributed by atoms with E-state index >= 15 is 0 Å². The molecule has 0 amide bonds. The third-order valence-corrected chi connectivity index (χ3v) is 5.19. The Morgan fingerprint density at radius 2 is 1.09 bits per heavy atom. The summed E-state index contributed by atoms with van der Waals surface area (Å²) < 4.78 is 0. The lowest BCUT2D eigenvalue weighted by molar-refractivity contribution is -0.119. The predicted octanol–water partition coefficient (Wildman–Crippen LogP) is 5.26. The molecule has 0 fully saturated rings. The van der Waals surface area contributed by atoms with E-state index in [0.29, 0.717) is 18.6 Å². The number of carbonyl (C=O) groups is 1. The van der Waals surface area contributed by atoms with Crippen LogP contribution in [0.1, 0.15) is 24.0 Å². The van der Waals surface area contributed by atoms with Gasteiger partial charge in [-0.25, -0.2) is 0 Å². The van der Waals surface area contributed by atoms with E-state index in [4.69, 9.17) is 0 Å². The zero-order valence-electron chi connectivity index (χ0n) is 13.2. The zero-order chi connectivity index (χ0) is 15.8. The van der Waals surface area contributed by atoms with E-state index in [1.54, 1.807) is 23.5 Å². The molecule has 0 saturated carbocycles. The zero-order valence-corrected chi connectivity index (χ0v) is 14.8. The quantitative estimate of drug-likeness (QED) is 0.614. The molecule has 0 aliphatic heterocycles. The van der Waals surface area contributed by atoms with Crippen molar-refractivity contribution in [3.8, 4) is 0 Å². The van der Waals surface area contributed by atoms with Crippen molar-refractivity contribution >= 4 is 29.3 Å². The van der Waals surface area contributed by atoms with Gasteiger partial charge in [-0.2, -0.15) is 0 Å². The van der Waals surface area contributed by atoms with Crippen molar-refractivity contribution in [1.82, 2.24) is 0 Å². The summed E-state index contributed by atoms with van der Waals surface area (Å²) >= 11 is 3.48. The van der Waals surface area contributed by atoms with Crippen LogP contribution in [0, 0.1) is 0 Å². The molecule has 0 aromatic heterocycles. The van der Waals surface area contributed by atoms with Gasteiger partial charge in [0.1, 0.15) is 5.78 Å². The fraction of sp³-hybridized carbons (Fsp3) is 0.316. The van der Waals surface area contributed by atoms with Crippen LogP contribution in [0.25, 0.3) is 0 Å². The van der Waals surface area contributed by atoms with Gasteiger partial charge in [0, 0.05) is 22.6 Å². The molecular weight excluding hydrogens is 308 g/mol. The van der Waals surface area contributed by atoms with Crippen molar-refractivity contribution in [2.45, 2.75) is 35.5 Å². The Hall–Kier alpha value is -1.19. The minimum atomic E-state index is 0.350. The van der Waals surface area contributed by atoms with Crippen LogP contribution in [-0.2, 0) is 17.6 Å². The number of rotatable bonds is 8. The molecule has 0 atom stereocenters. The van der Waals surface area contributed by atoms with E-state index in [2.05, 4.69) is 61.0 Å². The fourth-order valence-corrected chi connectivity index (χ4v) is 3.09. The molecule has 0 aliphatic carbocycles. The van der Waals surface area contributed by atoms with Crippen LogP contribution in [0.5, 0.6) is 0 Å². The number of hydrogen-bond donors (Lipinski definition) is 0. The van der Waals surface area contributed by atoms with Crippen molar-refractivity contribution in [2.24, 2.45) is 0 Å². The summed E-state index contributed by atoms with van der Waals surface area (Å²) in [6, 6.07) is 17.0. The first kappa shape index (κ1) is 17.2. The largest absolute Gasteiger partial charge is 0.300 e. The van der Waals surface area contributed by atoms with Crippen molar-refractivity contribution in [3.05, 3.63) is 59.7 Å². The van der Waals surface area contributed by atoms with Crippen molar-refractivity contribution in [3.63, 3.8) is 0 Å². The lowest BCUT2D eigenvalue weighted by Crippen LogP contribution is -2.02. The van der Waals surface area contributed by atoms with Gasteiger partial charge in [-0.1, -0.05) is 24.3 Å². The second kappa shape index (κ2) is 9.06. The number of thioether (sulfide) groups is 2. The van der Waals surface area contributed by atoms with Gasteiger partial charge in [0.25, 0.3) is 0 Å². The molecule has 2 aromatic carbocycles. The van der Waals surface area contributed by atoms with Gasteiger partial charge >= 0.3 is 0 Å². The van der Waals surface area contributed by atoms with Crippen LogP contribution in [0.15, 0.2) is 58.3 Å². The van der Waals surface area contributed by atoms with E-state index in [-0.39, 0.29) is 0 Å². The molecule has 116 valence electrons. The van der Waals surface area contributed by atoms with Gasteiger partial charge in [0.05, 0.1) is 0 Å². The van der Waals surface area contributed by atoms with Crippen LogP contribution in [0.4, 0.5) is 0 Å². The highest BCUT2D eigenvalue weighted by molar-refractivity contribution is 7.98. The van der Waals surface area contributed by atoms with Crippen LogP contribution < -0.4 is 0 Å². The maximum Gasteiger partial charge on any atom is 0.133 e. The minimum Gasteiger partial charge on any atom is -0.300 e. The van der Waals surface area contributed by atoms with E-state index in [0.717, 1.165) is 12.8 Å². The van der Waals surface area contributed by atoms with Crippen molar-refractivity contribution in [2.75, 3.05) is 12.5 Å². The average molecular weight is 331 g/mol. The highest BCUT2D eigenvalue weighted by atomic mass is 32.2. The van der Waals surface area contributed by atoms with Gasteiger partial charge in [-0.3, -0.25) is 4.79 Å². The third-order valence-electron chi connectivity index (χ3n) is 3.70. The number of hydrogen-bond acceptors (Lipinski definition) is 3. The number of aryl methyl sites for hydroxylation is 2. The van der Waals surface area contributed by atoms with Gasteiger partial charge in [0.2, 0.25) is 0 Å². The van der Waals surface area contributed by atoms with Crippen LogP contribution >= 0.6 is 23.5 Å². The van der Waals surface area contributed by atoms with Gasteiger partial charge in [0.15, 0.2) is 0 Å². The molecule has 2 aromatic rings. The molecule has 3 heteroatoms. The molecular formula is C19H22OS2. The van der Waals surface area contributed by atoms with E-state index in [1.807, 2.05) is 0 Å². The number of ketones is 1. The summed E-state index contributed by atoms with van der Waals surface area (Å²) in [7, 11) is 0. The maximum absolute atomic E-state index is 12.0. The summed E-state index contributed by atoms with van der Waals surface area (Å²) in [4.78, 5) is 14.6. The molecule has 0 saturated heterocycles. The predicted molar refractivity (Wildman–Crippen MR) is 98.1 cm³/mol. The van der Waals surface area contributed by atoms with Gasteiger partial charge in [-0.05, 0) is 60.7 Å². The van der Waals surface area contributed by atoms with Crippen LogP contribution in [0.3, 0.4) is 0 Å². The number of carbonyl (C=O) groups excluding carboxylic acids is 1. The number of Topliss-reactive ketones (excluding diaryl/α,β-unsaturated/α-hetero) is 1. The molecule has 1 nitrogen and oxygen atoms in total. The lowest BCUT2D eigenvalue weighted by Gasteiger charge is -2.04. The standard InChI is InChI=1S/C19H22OS2/c1-21-18-11-5-15(6-12-18)3-9-17(20)10-4-16-7-13-19(22-2)14-8-16/h5-8,11-14H,3-4,9-10H2,1-2H3. The summed E-state index contributed by atoms with van der Waals surface area (Å²) in [5, 5.41) is 0. The third kappa shape index (κ3) is 5.54. The first-order valence-corrected chi connectivity index (χ1v) is 9.94. The SMILES string of the molecule is CSc1ccc(CCC(=O)CCc2ccc(SC)cc2)cc1. The average Bonchev–Trinajstić information content (AvgIpc) is 2.59. The topological polar surface area (TPSA) is 17.1 Å². The van der Waals surface area contributed by atoms with Crippen molar-refractivity contribution in [1.29, 1.82) is 0 Å². The highest BCUT2D eigenvalue weighted by Crippen LogP contribution is 2.17. The molecule has 0 N–H and O–H groups in total. The van der Waals surface area contributed by atoms with E-state index < -0.39 is 0 Å². The molecule has 0 bridgehead atoms. The van der Waals surface area contributed by atoms with Gasteiger partial charge < -0.3 is 0 Å². The van der Waals surface area contributed by atoms with E-state index in [1.165, 1.54) is 20.9 Å². The normalized spacial score (nSPS) is 10.6. The fourth-order valence-electron chi connectivity index (χ4n) is 2.28. The maximum atomic E-state index is 12.0. The second-order valence-electron chi connectivity index (χ2n) is 5.23.